The molecule has 0 radical (unpaired) electrons. The molecule has 0 atom stereocenters. The molecule has 2 aromatic heterocycles. The van der Waals surface area contributed by atoms with E-state index < -0.39 is 5.91 Å². The van der Waals surface area contributed by atoms with Gasteiger partial charge in [0.25, 0.3) is 0 Å². The van der Waals surface area contributed by atoms with Gasteiger partial charge in [0.15, 0.2) is 0 Å². The number of nitrogens with one attached hydrogen (secondary N) is 2. The SMILES string of the molecule is NC(=O)c1ccccc1-c1cc(-c2ccnc(N)n2)[nH]c1-c1cccc2c1CCNC2. The average Bonchev–Trinajstić information content (AvgIpc) is 3.24. The Labute approximate surface area is 179 Å². The number of hydrogen-bond acceptors (Lipinski definition) is 5. The molecule has 1 aliphatic rings. The molecule has 0 spiro atoms. The van der Waals surface area contributed by atoms with Crippen LogP contribution in [0.4, 0.5) is 5.95 Å². The molecule has 3 heterocycles. The van der Waals surface area contributed by atoms with Gasteiger partial charge in [-0.2, -0.15) is 0 Å². The molecule has 4 aromatic rings. The molecule has 1 aliphatic heterocycles. The van der Waals surface area contributed by atoms with Crippen LogP contribution >= 0.6 is 0 Å². The van der Waals surface area contributed by atoms with Gasteiger partial charge in [0, 0.05) is 29.4 Å². The van der Waals surface area contributed by atoms with E-state index in [1.54, 1.807) is 18.3 Å². The Morgan fingerprint density at radius 3 is 2.68 bits per heavy atom. The number of amides is 1. The lowest BCUT2D eigenvalue weighted by atomic mass is 9.90. The van der Waals surface area contributed by atoms with Crippen LogP contribution in [0.1, 0.15) is 21.5 Å². The number of anilines is 1. The molecule has 7 heteroatoms. The van der Waals surface area contributed by atoms with Crippen LogP contribution in [0.3, 0.4) is 0 Å². The summed E-state index contributed by atoms with van der Waals surface area (Å²) in [5, 5.41) is 3.43. The van der Waals surface area contributed by atoms with Crippen LogP contribution < -0.4 is 16.8 Å². The minimum absolute atomic E-state index is 0.205. The molecule has 31 heavy (non-hydrogen) atoms. The highest BCUT2D eigenvalue weighted by molar-refractivity contribution is 6.02. The molecular weight excluding hydrogens is 388 g/mol. The van der Waals surface area contributed by atoms with Crippen LogP contribution in [0.5, 0.6) is 0 Å². The molecule has 5 rings (SSSR count). The number of nitrogens with zero attached hydrogens (tertiary/aromatic N) is 2. The monoisotopic (exact) mass is 410 g/mol. The van der Waals surface area contributed by atoms with Crippen LogP contribution in [0.15, 0.2) is 60.8 Å². The van der Waals surface area contributed by atoms with Crippen molar-refractivity contribution >= 4 is 11.9 Å². The molecule has 0 saturated carbocycles. The minimum Gasteiger partial charge on any atom is -0.368 e. The molecule has 0 saturated heterocycles. The Balaban J connectivity index is 1.78. The maximum absolute atomic E-state index is 12.2. The summed E-state index contributed by atoms with van der Waals surface area (Å²) in [6, 6.07) is 17.5. The third kappa shape index (κ3) is 3.45. The van der Waals surface area contributed by atoms with Gasteiger partial charge >= 0.3 is 0 Å². The molecule has 7 nitrogen and oxygen atoms in total. The lowest BCUT2D eigenvalue weighted by Gasteiger charge is -2.21. The van der Waals surface area contributed by atoms with Crippen molar-refractivity contribution in [2.75, 3.05) is 12.3 Å². The third-order valence-corrected chi connectivity index (χ3v) is 5.66. The van der Waals surface area contributed by atoms with Gasteiger partial charge in [0.05, 0.1) is 17.1 Å². The van der Waals surface area contributed by atoms with Crippen molar-refractivity contribution in [1.29, 1.82) is 0 Å². The Hall–Kier alpha value is -3.97. The van der Waals surface area contributed by atoms with Crippen LogP contribution in [0.2, 0.25) is 0 Å². The number of aromatic nitrogens is 3. The van der Waals surface area contributed by atoms with E-state index in [-0.39, 0.29) is 5.95 Å². The summed E-state index contributed by atoms with van der Waals surface area (Å²) in [4.78, 5) is 24.1. The van der Waals surface area contributed by atoms with Crippen molar-refractivity contribution in [1.82, 2.24) is 20.3 Å². The van der Waals surface area contributed by atoms with Crippen LogP contribution in [-0.2, 0) is 13.0 Å². The van der Waals surface area contributed by atoms with Crippen molar-refractivity contribution < 1.29 is 4.79 Å². The van der Waals surface area contributed by atoms with Gasteiger partial charge in [-0.05, 0) is 47.9 Å². The number of primary amides is 1. The zero-order chi connectivity index (χ0) is 21.4. The summed E-state index contributed by atoms with van der Waals surface area (Å²) in [6.45, 7) is 1.76. The molecular formula is C24H22N6O. The highest BCUT2D eigenvalue weighted by atomic mass is 16.1. The molecule has 0 bridgehead atoms. The summed E-state index contributed by atoms with van der Waals surface area (Å²) in [6.07, 6.45) is 2.56. The summed E-state index contributed by atoms with van der Waals surface area (Å²) in [5.74, 6) is -0.259. The number of nitrogen functional groups attached to an aromatic ring is 1. The largest absolute Gasteiger partial charge is 0.368 e. The van der Waals surface area contributed by atoms with Gasteiger partial charge < -0.3 is 21.8 Å². The summed E-state index contributed by atoms with van der Waals surface area (Å²) >= 11 is 0. The lowest BCUT2D eigenvalue weighted by Crippen LogP contribution is -2.24. The molecule has 154 valence electrons. The zero-order valence-electron chi connectivity index (χ0n) is 16.9. The lowest BCUT2D eigenvalue weighted by molar-refractivity contribution is 0.100. The summed E-state index contributed by atoms with van der Waals surface area (Å²) in [5.41, 5.74) is 19.8. The van der Waals surface area contributed by atoms with E-state index in [1.807, 2.05) is 24.3 Å². The maximum atomic E-state index is 12.2. The molecule has 1 amide bonds. The van der Waals surface area contributed by atoms with Gasteiger partial charge in [-0.15, -0.1) is 0 Å². The van der Waals surface area contributed by atoms with Gasteiger partial charge in [-0.25, -0.2) is 9.97 Å². The van der Waals surface area contributed by atoms with E-state index in [1.165, 1.54) is 11.1 Å². The number of H-pyrrole nitrogens is 1. The highest BCUT2D eigenvalue weighted by Crippen LogP contribution is 2.39. The Bertz CT molecular complexity index is 1290. The highest BCUT2D eigenvalue weighted by Gasteiger charge is 2.22. The fourth-order valence-electron chi connectivity index (χ4n) is 4.24. The molecule has 0 aliphatic carbocycles. The van der Waals surface area contributed by atoms with Crippen LogP contribution in [0.25, 0.3) is 33.8 Å². The van der Waals surface area contributed by atoms with Gasteiger partial charge in [-0.3, -0.25) is 4.79 Å². The van der Waals surface area contributed by atoms with Crippen molar-refractivity contribution in [2.24, 2.45) is 5.73 Å². The second kappa shape index (κ2) is 7.70. The Morgan fingerprint density at radius 1 is 1.00 bits per heavy atom. The Kier molecular flexibility index (Phi) is 4.72. The van der Waals surface area contributed by atoms with E-state index in [0.717, 1.165) is 47.6 Å². The van der Waals surface area contributed by atoms with Crippen molar-refractivity contribution in [3.63, 3.8) is 0 Å². The second-order valence-electron chi connectivity index (χ2n) is 7.55. The van der Waals surface area contributed by atoms with E-state index in [4.69, 9.17) is 11.5 Å². The number of fused-ring (bicyclic) bond motifs is 1. The molecule has 6 N–H and O–H groups in total. The quantitative estimate of drug-likeness (QED) is 0.412. The molecule has 0 fully saturated rings. The van der Waals surface area contributed by atoms with E-state index >= 15 is 0 Å². The fraction of sp³-hybridized carbons (Fsp3) is 0.125. The molecule has 0 unspecified atom stereocenters. The van der Waals surface area contributed by atoms with E-state index in [9.17, 15) is 4.79 Å². The van der Waals surface area contributed by atoms with Gasteiger partial charge in [0.1, 0.15) is 0 Å². The van der Waals surface area contributed by atoms with Crippen LogP contribution in [-0.4, -0.2) is 27.4 Å². The maximum Gasteiger partial charge on any atom is 0.249 e. The average molecular weight is 410 g/mol. The standard InChI is InChI=1S/C24H22N6O/c25-23(31)18-6-2-1-5-16(18)19-12-21(20-9-11-28-24(26)30-20)29-22(19)17-7-3-4-14-13-27-10-8-15(14)17/h1-7,9,11-12,27,29H,8,10,13H2,(H2,25,31)(H2,26,28,30). The zero-order valence-corrected chi connectivity index (χ0v) is 16.9. The fourth-order valence-corrected chi connectivity index (χ4v) is 4.24. The second-order valence-corrected chi connectivity index (χ2v) is 7.55. The predicted octanol–water partition coefficient (Wildman–Crippen LogP) is 3.13. The number of aromatic amines is 1. The van der Waals surface area contributed by atoms with Crippen LogP contribution in [0, 0.1) is 0 Å². The Morgan fingerprint density at radius 2 is 1.84 bits per heavy atom. The number of rotatable bonds is 4. The van der Waals surface area contributed by atoms with Crippen molar-refractivity contribution in [3.8, 4) is 33.8 Å². The third-order valence-electron chi connectivity index (χ3n) is 5.66. The first-order valence-corrected chi connectivity index (χ1v) is 10.1. The number of carbonyl (C=O) groups excluding carboxylic acids is 1. The first-order valence-electron chi connectivity index (χ1n) is 10.1. The van der Waals surface area contributed by atoms with E-state index in [0.29, 0.717) is 11.3 Å². The summed E-state index contributed by atoms with van der Waals surface area (Å²) < 4.78 is 0. The predicted molar refractivity (Wildman–Crippen MR) is 121 cm³/mol. The first kappa shape index (κ1) is 19.0. The minimum atomic E-state index is -0.463. The van der Waals surface area contributed by atoms with Crippen molar-refractivity contribution in [2.45, 2.75) is 13.0 Å². The first-order chi connectivity index (χ1) is 15.1. The number of hydrogen-bond donors (Lipinski definition) is 4. The topological polar surface area (TPSA) is 123 Å². The van der Waals surface area contributed by atoms with Gasteiger partial charge in [-0.1, -0.05) is 36.4 Å². The summed E-state index contributed by atoms with van der Waals surface area (Å²) in [7, 11) is 0. The number of nitrogens with two attached hydrogens (primary N) is 2. The van der Waals surface area contributed by atoms with Gasteiger partial charge in [0.2, 0.25) is 11.9 Å². The molecule has 2 aromatic carbocycles. The number of benzene rings is 2. The van der Waals surface area contributed by atoms with E-state index in [2.05, 4.69) is 38.5 Å². The van der Waals surface area contributed by atoms with Crippen molar-refractivity contribution in [3.05, 3.63) is 77.5 Å². The smallest absolute Gasteiger partial charge is 0.249 e. The normalized spacial score (nSPS) is 13.0. The number of carbonyl (C=O) groups is 1.